The number of hydrogen-bond acceptors (Lipinski definition) is 4. The van der Waals surface area contributed by atoms with Crippen LogP contribution in [0.2, 0.25) is 0 Å². The van der Waals surface area contributed by atoms with Crippen LogP contribution < -0.4 is 10.5 Å². The molecule has 4 nitrogen and oxygen atoms in total. The largest absolute Gasteiger partial charge is 0.494 e. The van der Waals surface area contributed by atoms with Crippen molar-refractivity contribution in [2.24, 2.45) is 5.73 Å². The molecule has 0 aliphatic carbocycles. The Morgan fingerprint density at radius 3 is 2.71 bits per heavy atom. The van der Waals surface area contributed by atoms with E-state index >= 15 is 0 Å². The first-order valence-electron chi connectivity index (χ1n) is 7.62. The fraction of sp³-hybridized carbons (Fsp3) is 0.625. The second-order valence-corrected chi connectivity index (χ2v) is 5.62. The molecule has 2 N–H and O–H groups in total. The second kappa shape index (κ2) is 7.20. The van der Waals surface area contributed by atoms with Crippen LogP contribution in [0.15, 0.2) is 18.2 Å². The highest BCUT2D eigenvalue weighted by Gasteiger charge is 2.28. The van der Waals surface area contributed by atoms with Gasteiger partial charge in [-0.15, -0.1) is 0 Å². The lowest BCUT2D eigenvalue weighted by atomic mass is 10.0. The molecule has 1 aromatic carbocycles. The van der Waals surface area contributed by atoms with Crippen molar-refractivity contribution in [1.29, 1.82) is 0 Å². The molecule has 0 radical (unpaired) electrons. The van der Waals surface area contributed by atoms with Crippen molar-refractivity contribution in [3.05, 3.63) is 29.6 Å². The molecule has 2 atom stereocenters. The van der Waals surface area contributed by atoms with Crippen molar-refractivity contribution in [3.8, 4) is 5.75 Å². The summed E-state index contributed by atoms with van der Waals surface area (Å²) < 4.78 is 18.9. The van der Waals surface area contributed by atoms with Gasteiger partial charge < -0.3 is 10.5 Å². The monoisotopic (exact) mass is 295 g/mol. The van der Waals surface area contributed by atoms with E-state index < -0.39 is 0 Å². The van der Waals surface area contributed by atoms with Gasteiger partial charge in [0.15, 0.2) is 11.6 Å². The molecule has 0 aromatic heterocycles. The van der Waals surface area contributed by atoms with Crippen LogP contribution in [-0.4, -0.2) is 55.7 Å². The molecular formula is C16H26FN3O. The van der Waals surface area contributed by atoms with E-state index in [1.807, 2.05) is 6.07 Å². The normalized spacial score (nSPS) is 22.2. The first-order valence-corrected chi connectivity index (χ1v) is 7.62. The van der Waals surface area contributed by atoms with Crippen molar-refractivity contribution < 1.29 is 9.13 Å². The van der Waals surface area contributed by atoms with Gasteiger partial charge in [-0.25, -0.2) is 4.39 Å². The van der Waals surface area contributed by atoms with E-state index in [2.05, 4.69) is 23.6 Å². The van der Waals surface area contributed by atoms with E-state index in [1.54, 1.807) is 12.1 Å². The third kappa shape index (κ3) is 3.54. The number of benzene rings is 1. The molecule has 2 unspecified atom stereocenters. The van der Waals surface area contributed by atoms with Gasteiger partial charge >= 0.3 is 0 Å². The molecule has 1 saturated heterocycles. The second-order valence-electron chi connectivity index (χ2n) is 5.62. The van der Waals surface area contributed by atoms with Crippen LogP contribution >= 0.6 is 0 Å². The number of methoxy groups -OCH3 is 1. The van der Waals surface area contributed by atoms with Crippen molar-refractivity contribution in [2.45, 2.75) is 25.9 Å². The predicted octanol–water partition coefficient (Wildman–Crippen LogP) is 1.86. The lowest BCUT2D eigenvalue weighted by Crippen LogP contribution is -2.53. The van der Waals surface area contributed by atoms with Crippen molar-refractivity contribution in [2.75, 3.05) is 39.8 Å². The summed E-state index contributed by atoms with van der Waals surface area (Å²) in [6.45, 7) is 8.94. The van der Waals surface area contributed by atoms with Crippen LogP contribution in [0.4, 0.5) is 4.39 Å². The van der Waals surface area contributed by atoms with E-state index in [0.717, 1.165) is 31.7 Å². The van der Waals surface area contributed by atoms with Crippen molar-refractivity contribution >= 4 is 0 Å². The summed E-state index contributed by atoms with van der Waals surface area (Å²) in [4.78, 5) is 4.82. The minimum atomic E-state index is -0.325. The first kappa shape index (κ1) is 16.2. The summed E-state index contributed by atoms with van der Waals surface area (Å²) in [5.41, 5.74) is 6.88. The van der Waals surface area contributed by atoms with Gasteiger partial charge in [0.05, 0.1) is 7.11 Å². The summed E-state index contributed by atoms with van der Waals surface area (Å²) in [5.74, 6) is -0.0487. The number of likely N-dealkylation sites (N-methyl/N-ethyl adjacent to an activating group) is 1. The van der Waals surface area contributed by atoms with Gasteiger partial charge in [0.1, 0.15) is 0 Å². The van der Waals surface area contributed by atoms with Crippen molar-refractivity contribution in [3.63, 3.8) is 0 Å². The molecular weight excluding hydrogens is 269 g/mol. The van der Waals surface area contributed by atoms with Crippen LogP contribution in [-0.2, 0) is 0 Å². The topological polar surface area (TPSA) is 41.7 Å². The SMILES string of the molecule is CCN1CCN(C(CN)c2ccc(OC)c(F)c2)CC1C. The van der Waals surface area contributed by atoms with E-state index in [1.165, 1.54) is 7.11 Å². The zero-order valence-corrected chi connectivity index (χ0v) is 13.2. The van der Waals surface area contributed by atoms with Gasteiger partial charge in [-0.05, 0) is 31.2 Å². The van der Waals surface area contributed by atoms with E-state index in [-0.39, 0.29) is 17.6 Å². The lowest BCUT2D eigenvalue weighted by molar-refractivity contribution is 0.0605. The molecule has 1 aliphatic rings. The minimum Gasteiger partial charge on any atom is -0.494 e. The Morgan fingerprint density at radius 1 is 1.43 bits per heavy atom. The van der Waals surface area contributed by atoms with Gasteiger partial charge in [0, 0.05) is 38.3 Å². The number of nitrogens with zero attached hydrogens (tertiary/aromatic N) is 2. The van der Waals surface area contributed by atoms with Gasteiger partial charge in [-0.2, -0.15) is 0 Å². The highest BCUT2D eigenvalue weighted by Crippen LogP contribution is 2.27. The quantitative estimate of drug-likeness (QED) is 0.900. The maximum Gasteiger partial charge on any atom is 0.165 e. The highest BCUT2D eigenvalue weighted by molar-refractivity contribution is 5.31. The molecule has 5 heteroatoms. The summed E-state index contributed by atoms with van der Waals surface area (Å²) in [5, 5.41) is 0. The van der Waals surface area contributed by atoms with E-state index in [4.69, 9.17) is 10.5 Å². The summed E-state index contributed by atoms with van der Waals surface area (Å²) >= 11 is 0. The Kier molecular flexibility index (Phi) is 5.56. The Morgan fingerprint density at radius 2 is 2.19 bits per heavy atom. The average molecular weight is 295 g/mol. The molecule has 1 heterocycles. The van der Waals surface area contributed by atoms with Gasteiger partial charge in [0.25, 0.3) is 0 Å². The van der Waals surface area contributed by atoms with E-state index in [0.29, 0.717) is 12.6 Å². The minimum absolute atomic E-state index is 0.0619. The van der Waals surface area contributed by atoms with Crippen LogP contribution in [0.1, 0.15) is 25.5 Å². The summed E-state index contributed by atoms with van der Waals surface area (Å²) in [6.07, 6.45) is 0. The number of rotatable bonds is 5. The van der Waals surface area contributed by atoms with Gasteiger partial charge in [0.2, 0.25) is 0 Å². The summed E-state index contributed by atoms with van der Waals surface area (Å²) in [6, 6.07) is 5.70. The van der Waals surface area contributed by atoms with Gasteiger partial charge in [-0.3, -0.25) is 9.80 Å². The number of nitrogens with two attached hydrogens (primary N) is 1. The molecule has 118 valence electrons. The molecule has 1 fully saturated rings. The lowest BCUT2D eigenvalue weighted by Gasteiger charge is -2.42. The highest BCUT2D eigenvalue weighted by atomic mass is 19.1. The fourth-order valence-corrected chi connectivity index (χ4v) is 3.16. The smallest absolute Gasteiger partial charge is 0.165 e. The molecule has 1 aromatic rings. The number of piperazine rings is 1. The predicted molar refractivity (Wildman–Crippen MR) is 83.0 cm³/mol. The molecule has 2 rings (SSSR count). The standard InChI is InChI=1S/C16H26FN3O/c1-4-19-7-8-20(11-12(19)2)15(10-18)13-5-6-16(21-3)14(17)9-13/h5-6,9,12,15H,4,7-8,10-11,18H2,1-3H3. The number of hydrogen-bond donors (Lipinski definition) is 1. The first-order chi connectivity index (χ1) is 10.1. The molecule has 0 saturated carbocycles. The number of halogens is 1. The molecule has 21 heavy (non-hydrogen) atoms. The van der Waals surface area contributed by atoms with Crippen LogP contribution in [0.25, 0.3) is 0 Å². The maximum absolute atomic E-state index is 13.9. The zero-order valence-electron chi connectivity index (χ0n) is 13.2. The Balaban J connectivity index is 2.14. The molecule has 0 bridgehead atoms. The molecule has 0 spiro atoms. The maximum atomic E-state index is 13.9. The third-order valence-electron chi connectivity index (χ3n) is 4.43. The Labute approximate surface area is 126 Å². The summed E-state index contributed by atoms with van der Waals surface area (Å²) in [7, 11) is 1.48. The van der Waals surface area contributed by atoms with Crippen LogP contribution in [0.3, 0.4) is 0 Å². The number of ether oxygens (including phenoxy) is 1. The van der Waals surface area contributed by atoms with Gasteiger partial charge in [-0.1, -0.05) is 13.0 Å². The van der Waals surface area contributed by atoms with Crippen LogP contribution in [0.5, 0.6) is 5.75 Å². The fourth-order valence-electron chi connectivity index (χ4n) is 3.16. The molecule has 1 aliphatic heterocycles. The van der Waals surface area contributed by atoms with E-state index in [9.17, 15) is 4.39 Å². The van der Waals surface area contributed by atoms with Crippen LogP contribution in [0, 0.1) is 5.82 Å². The molecule has 0 amide bonds. The third-order valence-corrected chi connectivity index (χ3v) is 4.43. The van der Waals surface area contributed by atoms with Crippen molar-refractivity contribution in [1.82, 2.24) is 9.80 Å². The average Bonchev–Trinajstić information content (AvgIpc) is 2.48. The zero-order chi connectivity index (χ0) is 15.4. The Bertz CT molecular complexity index is 469. The Hall–Kier alpha value is -1.17.